The summed E-state index contributed by atoms with van der Waals surface area (Å²) in [6.07, 6.45) is 1.61. The number of likely N-dealkylation sites (N-methyl/N-ethyl adjacent to an activating group) is 1. The highest BCUT2D eigenvalue weighted by Crippen LogP contribution is 2.09. The number of nitrogens with zero attached hydrogens (tertiary/aromatic N) is 1. The largest absolute Gasteiger partial charge is 0.477 e. The molecule has 82 valence electrons. The van der Waals surface area contributed by atoms with E-state index in [0.29, 0.717) is 12.1 Å². The number of aromatic nitrogens is 1. The van der Waals surface area contributed by atoms with Crippen LogP contribution in [0.3, 0.4) is 0 Å². The van der Waals surface area contributed by atoms with Crippen molar-refractivity contribution in [2.24, 2.45) is 0 Å². The second-order valence-electron chi connectivity index (χ2n) is 3.23. The molecule has 0 saturated heterocycles. The van der Waals surface area contributed by atoms with Gasteiger partial charge in [-0.2, -0.15) is 0 Å². The van der Waals surface area contributed by atoms with Crippen LogP contribution in [0.25, 0.3) is 0 Å². The van der Waals surface area contributed by atoms with Gasteiger partial charge in [0.05, 0.1) is 0 Å². The number of hydrogen-bond donors (Lipinski definition) is 2. The van der Waals surface area contributed by atoms with E-state index in [4.69, 9.17) is 5.11 Å². The molecule has 5 nitrogen and oxygen atoms in total. The van der Waals surface area contributed by atoms with Crippen molar-refractivity contribution in [2.45, 2.75) is 20.4 Å². The first-order valence-electron chi connectivity index (χ1n) is 4.72. The first kappa shape index (κ1) is 11.3. The molecule has 0 aliphatic rings. The van der Waals surface area contributed by atoms with Crippen LogP contribution in [-0.4, -0.2) is 28.1 Å². The number of amides is 1. The smallest absolute Gasteiger partial charge is 0.352 e. The van der Waals surface area contributed by atoms with Crippen LogP contribution in [0.4, 0.5) is 0 Å². The molecule has 0 aliphatic heterocycles. The van der Waals surface area contributed by atoms with E-state index in [-0.39, 0.29) is 18.1 Å². The van der Waals surface area contributed by atoms with Crippen LogP contribution in [0.15, 0.2) is 12.3 Å². The molecule has 0 saturated carbocycles. The maximum atomic E-state index is 11.3. The Morgan fingerprint density at radius 2 is 2.20 bits per heavy atom. The van der Waals surface area contributed by atoms with Gasteiger partial charge in [-0.15, -0.1) is 0 Å². The molecule has 1 rings (SSSR count). The Hall–Kier alpha value is -1.78. The Kier molecular flexibility index (Phi) is 3.49. The summed E-state index contributed by atoms with van der Waals surface area (Å²) in [6, 6.07) is 1.68. The number of carboxylic acid groups (broad SMARTS) is 1. The van der Waals surface area contributed by atoms with Crippen LogP contribution < -0.4 is 5.32 Å². The molecule has 0 aliphatic carbocycles. The standard InChI is InChI=1S/C10H14N2O3/c1-3-11-8(13)6-12-5-4-7(2)9(12)10(14)15/h4-5H,3,6H2,1-2H3,(H,11,13)(H,14,15). The molecule has 1 aromatic rings. The minimum atomic E-state index is -1.01. The average molecular weight is 210 g/mol. The van der Waals surface area contributed by atoms with Crippen LogP contribution >= 0.6 is 0 Å². The zero-order chi connectivity index (χ0) is 11.4. The quantitative estimate of drug-likeness (QED) is 0.765. The summed E-state index contributed by atoms with van der Waals surface area (Å²) in [7, 11) is 0. The fourth-order valence-corrected chi connectivity index (χ4v) is 1.41. The van der Waals surface area contributed by atoms with E-state index in [1.807, 2.05) is 6.92 Å². The number of carbonyl (C=O) groups excluding carboxylic acids is 1. The van der Waals surface area contributed by atoms with Gasteiger partial charge >= 0.3 is 5.97 Å². The Balaban J connectivity index is 2.86. The number of rotatable bonds is 4. The van der Waals surface area contributed by atoms with Gasteiger partial charge < -0.3 is 15.0 Å². The van der Waals surface area contributed by atoms with Gasteiger partial charge in [-0.05, 0) is 25.5 Å². The third-order valence-electron chi connectivity index (χ3n) is 2.06. The lowest BCUT2D eigenvalue weighted by Gasteiger charge is -2.06. The Bertz CT molecular complexity index is 382. The predicted molar refractivity (Wildman–Crippen MR) is 54.8 cm³/mol. The van der Waals surface area contributed by atoms with E-state index < -0.39 is 5.97 Å². The summed E-state index contributed by atoms with van der Waals surface area (Å²) in [5.74, 6) is -1.20. The molecule has 0 unspecified atom stereocenters. The molecule has 0 fully saturated rings. The molecule has 0 atom stereocenters. The summed E-state index contributed by atoms with van der Waals surface area (Å²) in [5, 5.41) is 11.5. The van der Waals surface area contributed by atoms with Crippen LogP contribution in [0.1, 0.15) is 23.0 Å². The molecule has 1 heterocycles. The molecule has 0 radical (unpaired) electrons. The molecule has 1 amide bonds. The lowest BCUT2D eigenvalue weighted by atomic mass is 10.3. The van der Waals surface area contributed by atoms with E-state index in [9.17, 15) is 9.59 Å². The number of carboxylic acids is 1. The van der Waals surface area contributed by atoms with Crippen molar-refractivity contribution < 1.29 is 14.7 Å². The van der Waals surface area contributed by atoms with E-state index >= 15 is 0 Å². The summed E-state index contributed by atoms with van der Waals surface area (Å²) in [4.78, 5) is 22.2. The highest BCUT2D eigenvalue weighted by molar-refractivity contribution is 5.88. The molecule has 0 bridgehead atoms. The molecular formula is C10H14N2O3. The van der Waals surface area contributed by atoms with Crippen LogP contribution in [-0.2, 0) is 11.3 Å². The van der Waals surface area contributed by atoms with Crippen molar-refractivity contribution in [3.05, 3.63) is 23.5 Å². The van der Waals surface area contributed by atoms with Gasteiger partial charge in [-0.25, -0.2) is 4.79 Å². The first-order valence-corrected chi connectivity index (χ1v) is 4.72. The van der Waals surface area contributed by atoms with Crippen LogP contribution in [0, 0.1) is 6.92 Å². The first-order chi connectivity index (χ1) is 7.06. The number of hydrogen-bond acceptors (Lipinski definition) is 2. The number of nitrogens with one attached hydrogen (secondary N) is 1. The summed E-state index contributed by atoms with van der Waals surface area (Å²) in [6.45, 7) is 4.11. The lowest BCUT2D eigenvalue weighted by Crippen LogP contribution is -2.28. The predicted octanol–water partition coefficient (Wildman–Crippen LogP) is 0.631. The van der Waals surface area contributed by atoms with Crippen molar-refractivity contribution in [1.29, 1.82) is 0 Å². The van der Waals surface area contributed by atoms with Gasteiger partial charge in [-0.3, -0.25) is 4.79 Å². The van der Waals surface area contributed by atoms with Gasteiger partial charge in [0.1, 0.15) is 12.2 Å². The van der Waals surface area contributed by atoms with Gasteiger partial charge in [0.2, 0.25) is 5.91 Å². The topological polar surface area (TPSA) is 71.3 Å². The third kappa shape index (κ3) is 2.59. The van der Waals surface area contributed by atoms with E-state index in [1.165, 1.54) is 4.57 Å². The number of carbonyl (C=O) groups is 2. The van der Waals surface area contributed by atoms with Crippen molar-refractivity contribution in [2.75, 3.05) is 6.54 Å². The van der Waals surface area contributed by atoms with E-state index in [1.54, 1.807) is 19.2 Å². The molecule has 1 aromatic heterocycles. The fraction of sp³-hybridized carbons (Fsp3) is 0.400. The lowest BCUT2D eigenvalue weighted by molar-refractivity contribution is -0.121. The van der Waals surface area contributed by atoms with Crippen molar-refractivity contribution in [3.63, 3.8) is 0 Å². The zero-order valence-corrected chi connectivity index (χ0v) is 8.78. The monoisotopic (exact) mass is 210 g/mol. The highest BCUT2D eigenvalue weighted by Gasteiger charge is 2.14. The van der Waals surface area contributed by atoms with E-state index in [0.717, 1.165) is 0 Å². The van der Waals surface area contributed by atoms with Crippen molar-refractivity contribution in [1.82, 2.24) is 9.88 Å². The molecule has 15 heavy (non-hydrogen) atoms. The van der Waals surface area contributed by atoms with Gasteiger partial charge in [0.25, 0.3) is 0 Å². The fourth-order valence-electron chi connectivity index (χ4n) is 1.41. The minimum Gasteiger partial charge on any atom is -0.477 e. The maximum absolute atomic E-state index is 11.3. The van der Waals surface area contributed by atoms with Gasteiger partial charge in [0.15, 0.2) is 0 Å². The second-order valence-corrected chi connectivity index (χ2v) is 3.23. The SMILES string of the molecule is CCNC(=O)Cn1ccc(C)c1C(=O)O. The van der Waals surface area contributed by atoms with Crippen LogP contribution in [0.5, 0.6) is 0 Å². The Morgan fingerprint density at radius 3 is 2.73 bits per heavy atom. The van der Waals surface area contributed by atoms with Gasteiger partial charge in [0, 0.05) is 12.7 Å². The summed E-state index contributed by atoms with van der Waals surface area (Å²) < 4.78 is 1.43. The maximum Gasteiger partial charge on any atom is 0.352 e. The molecule has 0 aromatic carbocycles. The average Bonchev–Trinajstić information content (AvgIpc) is 2.47. The Labute approximate surface area is 87.7 Å². The number of aryl methyl sites for hydroxylation is 1. The van der Waals surface area contributed by atoms with Crippen molar-refractivity contribution >= 4 is 11.9 Å². The molecular weight excluding hydrogens is 196 g/mol. The summed E-state index contributed by atoms with van der Waals surface area (Å²) >= 11 is 0. The van der Waals surface area contributed by atoms with Gasteiger partial charge in [-0.1, -0.05) is 0 Å². The number of aromatic carboxylic acids is 1. The Morgan fingerprint density at radius 1 is 1.53 bits per heavy atom. The second kappa shape index (κ2) is 4.63. The highest BCUT2D eigenvalue weighted by atomic mass is 16.4. The normalized spacial score (nSPS) is 10.0. The van der Waals surface area contributed by atoms with Crippen LogP contribution in [0.2, 0.25) is 0 Å². The van der Waals surface area contributed by atoms with E-state index in [2.05, 4.69) is 5.32 Å². The zero-order valence-electron chi connectivity index (χ0n) is 8.78. The minimum absolute atomic E-state index is 0.0450. The summed E-state index contributed by atoms with van der Waals surface area (Å²) in [5.41, 5.74) is 0.827. The molecule has 0 spiro atoms. The third-order valence-corrected chi connectivity index (χ3v) is 2.06. The molecule has 2 N–H and O–H groups in total. The molecule has 5 heteroatoms. The van der Waals surface area contributed by atoms with Crippen molar-refractivity contribution in [3.8, 4) is 0 Å².